The Morgan fingerprint density at radius 1 is 1.42 bits per heavy atom. The third-order valence-corrected chi connectivity index (χ3v) is 3.92. The van der Waals surface area contributed by atoms with E-state index in [4.69, 9.17) is 0 Å². The van der Waals surface area contributed by atoms with Crippen molar-refractivity contribution in [2.75, 3.05) is 24.6 Å². The average molecular weight is 327 g/mol. The molecule has 4 heteroatoms. The molecule has 0 radical (unpaired) electrons. The first-order valence-electron chi connectivity index (χ1n) is 7.13. The van der Waals surface area contributed by atoms with Gasteiger partial charge in [-0.25, -0.2) is 0 Å². The summed E-state index contributed by atoms with van der Waals surface area (Å²) in [6.45, 7) is 5.05. The van der Waals surface area contributed by atoms with Gasteiger partial charge in [0.05, 0.1) is 6.61 Å². The van der Waals surface area contributed by atoms with E-state index < -0.39 is 0 Å². The Morgan fingerprint density at radius 2 is 2.21 bits per heavy atom. The minimum absolute atomic E-state index is 0.213. The summed E-state index contributed by atoms with van der Waals surface area (Å²) in [5.41, 5.74) is 2.58. The minimum Gasteiger partial charge on any atom is -0.395 e. The van der Waals surface area contributed by atoms with Crippen molar-refractivity contribution >= 4 is 21.6 Å². The fourth-order valence-electron chi connectivity index (χ4n) is 2.35. The van der Waals surface area contributed by atoms with Crippen LogP contribution < -0.4 is 10.2 Å². The van der Waals surface area contributed by atoms with Gasteiger partial charge in [-0.15, -0.1) is 0 Å². The number of nitrogens with one attached hydrogen (secondary N) is 1. The molecule has 1 aromatic rings. The van der Waals surface area contributed by atoms with Crippen molar-refractivity contribution in [1.82, 2.24) is 5.32 Å². The maximum atomic E-state index is 9.28. The first-order valence-corrected chi connectivity index (χ1v) is 7.92. The Kier molecular flexibility index (Phi) is 5.67. The lowest BCUT2D eigenvalue weighted by Gasteiger charge is -2.27. The third kappa shape index (κ3) is 4.20. The van der Waals surface area contributed by atoms with Crippen LogP contribution in [-0.2, 0) is 6.54 Å². The van der Waals surface area contributed by atoms with Crippen LogP contribution >= 0.6 is 15.9 Å². The van der Waals surface area contributed by atoms with Gasteiger partial charge in [-0.05, 0) is 43.5 Å². The molecule has 1 aliphatic carbocycles. The van der Waals surface area contributed by atoms with Gasteiger partial charge in [-0.1, -0.05) is 28.9 Å². The van der Waals surface area contributed by atoms with Crippen molar-refractivity contribution in [2.24, 2.45) is 0 Å². The molecule has 1 aromatic carbocycles. The molecule has 0 amide bonds. The monoisotopic (exact) mass is 326 g/mol. The van der Waals surface area contributed by atoms with Crippen LogP contribution in [0.15, 0.2) is 22.7 Å². The molecule has 2 N–H and O–H groups in total. The van der Waals surface area contributed by atoms with Crippen molar-refractivity contribution < 1.29 is 5.11 Å². The zero-order valence-electron chi connectivity index (χ0n) is 11.5. The van der Waals surface area contributed by atoms with Crippen LogP contribution in [0.2, 0.25) is 0 Å². The van der Waals surface area contributed by atoms with Gasteiger partial charge in [-0.2, -0.15) is 0 Å². The summed E-state index contributed by atoms with van der Waals surface area (Å²) in [7, 11) is 0. The summed E-state index contributed by atoms with van der Waals surface area (Å²) in [6.07, 6.45) is 3.64. The maximum Gasteiger partial charge on any atom is 0.0606 e. The Labute approximate surface area is 124 Å². The summed E-state index contributed by atoms with van der Waals surface area (Å²) in [5.74, 6) is 0. The fourth-order valence-corrected chi connectivity index (χ4v) is 2.70. The number of halogens is 1. The van der Waals surface area contributed by atoms with Crippen LogP contribution in [0, 0.1) is 0 Å². The van der Waals surface area contributed by atoms with Crippen molar-refractivity contribution in [3.63, 3.8) is 0 Å². The highest BCUT2D eigenvalue weighted by atomic mass is 79.9. The lowest BCUT2D eigenvalue weighted by Crippen LogP contribution is -2.30. The first-order chi connectivity index (χ1) is 9.26. The first kappa shape index (κ1) is 14.8. The van der Waals surface area contributed by atoms with Crippen LogP contribution in [0.1, 0.15) is 31.7 Å². The van der Waals surface area contributed by atoms with Gasteiger partial charge in [0.15, 0.2) is 0 Å². The summed E-state index contributed by atoms with van der Waals surface area (Å²) >= 11 is 3.56. The molecule has 0 saturated heterocycles. The molecule has 0 unspecified atom stereocenters. The number of aliphatic hydroxyl groups excluding tert-OH is 1. The van der Waals surface area contributed by atoms with Crippen LogP contribution in [0.3, 0.4) is 0 Å². The molecule has 3 nitrogen and oxygen atoms in total. The maximum absolute atomic E-state index is 9.28. The van der Waals surface area contributed by atoms with E-state index in [1.807, 2.05) is 0 Å². The number of nitrogens with zero attached hydrogens (tertiary/aromatic N) is 1. The summed E-state index contributed by atoms with van der Waals surface area (Å²) < 4.78 is 1.10. The second-order valence-corrected chi connectivity index (χ2v) is 6.01. The van der Waals surface area contributed by atoms with Gasteiger partial charge in [0.25, 0.3) is 0 Å². The zero-order chi connectivity index (χ0) is 13.7. The lowest BCUT2D eigenvalue weighted by atomic mass is 10.1. The standard InChI is InChI=1S/C15H23BrN2O/c1-2-7-17-11-12-3-4-13(16)10-15(12)18(8-9-19)14-5-6-14/h3-4,10,14,17,19H,2,5-9,11H2,1H3. The highest BCUT2D eigenvalue weighted by Gasteiger charge is 2.30. The molecule has 0 atom stereocenters. The highest BCUT2D eigenvalue weighted by molar-refractivity contribution is 9.10. The van der Waals surface area contributed by atoms with Crippen LogP contribution in [0.5, 0.6) is 0 Å². The van der Waals surface area contributed by atoms with E-state index >= 15 is 0 Å². The second kappa shape index (κ2) is 7.27. The molecule has 19 heavy (non-hydrogen) atoms. The smallest absolute Gasteiger partial charge is 0.0606 e. The molecule has 106 valence electrons. The average Bonchev–Trinajstić information content (AvgIpc) is 3.22. The number of hydrogen-bond acceptors (Lipinski definition) is 3. The SMILES string of the molecule is CCCNCc1ccc(Br)cc1N(CCO)C1CC1. The Morgan fingerprint density at radius 3 is 2.84 bits per heavy atom. The van der Waals surface area contributed by atoms with Gasteiger partial charge >= 0.3 is 0 Å². The van der Waals surface area contributed by atoms with Crippen LogP contribution in [0.4, 0.5) is 5.69 Å². The van der Waals surface area contributed by atoms with Crippen LogP contribution in [0.25, 0.3) is 0 Å². The molecule has 0 aliphatic heterocycles. The largest absolute Gasteiger partial charge is 0.395 e. The molecular formula is C15H23BrN2O. The summed E-state index contributed by atoms with van der Waals surface area (Å²) in [4.78, 5) is 2.35. The van der Waals surface area contributed by atoms with E-state index in [1.54, 1.807) is 0 Å². The van der Waals surface area contributed by atoms with Crippen molar-refractivity contribution in [3.05, 3.63) is 28.2 Å². The van der Waals surface area contributed by atoms with Gasteiger partial charge in [-0.3, -0.25) is 0 Å². The predicted octanol–water partition coefficient (Wildman–Crippen LogP) is 2.91. The lowest BCUT2D eigenvalue weighted by molar-refractivity contribution is 0.301. The summed E-state index contributed by atoms with van der Waals surface area (Å²) in [5, 5.41) is 12.7. The molecule has 1 saturated carbocycles. The van der Waals surface area contributed by atoms with Crippen molar-refractivity contribution in [1.29, 1.82) is 0 Å². The van der Waals surface area contributed by atoms with E-state index in [-0.39, 0.29) is 6.61 Å². The zero-order valence-corrected chi connectivity index (χ0v) is 13.1. The van der Waals surface area contributed by atoms with Gasteiger partial charge in [0, 0.05) is 29.3 Å². The molecule has 1 aliphatic rings. The molecule has 0 aromatic heterocycles. The predicted molar refractivity (Wildman–Crippen MR) is 83.6 cm³/mol. The van der Waals surface area contributed by atoms with E-state index in [2.05, 4.69) is 51.3 Å². The Balaban J connectivity index is 2.16. The van der Waals surface area contributed by atoms with E-state index in [0.29, 0.717) is 6.04 Å². The van der Waals surface area contributed by atoms with Gasteiger partial charge < -0.3 is 15.3 Å². The van der Waals surface area contributed by atoms with Gasteiger partial charge in [0.1, 0.15) is 0 Å². The molecule has 0 heterocycles. The van der Waals surface area contributed by atoms with Crippen molar-refractivity contribution in [3.8, 4) is 0 Å². The number of aliphatic hydroxyl groups is 1. The summed E-state index contributed by atoms with van der Waals surface area (Å²) in [6, 6.07) is 7.06. The number of benzene rings is 1. The normalized spacial score (nSPS) is 14.7. The number of hydrogen-bond donors (Lipinski definition) is 2. The molecule has 0 bridgehead atoms. The minimum atomic E-state index is 0.213. The van der Waals surface area contributed by atoms with Crippen molar-refractivity contribution in [2.45, 2.75) is 38.8 Å². The number of anilines is 1. The molecular weight excluding hydrogens is 304 g/mol. The molecule has 2 rings (SSSR count). The van der Waals surface area contributed by atoms with E-state index in [0.717, 1.165) is 30.5 Å². The fraction of sp³-hybridized carbons (Fsp3) is 0.600. The molecule has 1 fully saturated rings. The van der Waals surface area contributed by atoms with Crippen LogP contribution in [-0.4, -0.2) is 30.8 Å². The van der Waals surface area contributed by atoms with E-state index in [9.17, 15) is 5.11 Å². The quantitative estimate of drug-likeness (QED) is 0.721. The third-order valence-electron chi connectivity index (χ3n) is 3.43. The molecule has 0 spiro atoms. The highest BCUT2D eigenvalue weighted by Crippen LogP contribution is 2.34. The Bertz CT molecular complexity index is 407. The Hall–Kier alpha value is -0.580. The van der Waals surface area contributed by atoms with Gasteiger partial charge in [0.2, 0.25) is 0 Å². The second-order valence-electron chi connectivity index (χ2n) is 5.10. The van der Waals surface area contributed by atoms with E-state index in [1.165, 1.54) is 24.1 Å². The topological polar surface area (TPSA) is 35.5 Å². The number of rotatable bonds is 8.